The van der Waals surface area contributed by atoms with Gasteiger partial charge in [0.1, 0.15) is 5.54 Å². The van der Waals surface area contributed by atoms with Crippen molar-refractivity contribution in [2.75, 3.05) is 13.2 Å². The Bertz CT molecular complexity index is 610. The summed E-state index contributed by atoms with van der Waals surface area (Å²) < 4.78 is 5.30. The van der Waals surface area contributed by atoms with Crippen molar-refractivity contribution >= 4 is 11.6 Å². The minimum atomic E-state index is -0.579. The van der Waals surface area contributed by atoms with E-state index in [1.165, 1.54) is 0 Å². The average Bonchev–Trinajstić information content (AvgIpc) is 2.44. The molecule has 1 aromatic heterocycles. The van der Waals surface area contributed by atoms with Gasteiger partial charge in [0.05, 0.1) is 30.9 Å². The number of hydrogen-bond acceptors (Lipinski definition) is 3. The second kappa shape index (κ2) is 4.29. The molecule has 5 heteroatoms. The van der Waals surface area contributed by atoms with E-state index in [1.54, 1.807) is 6.20 Å². The van der Waals surface area contributed by atoms with E-state index in [0.717, 1.165) is 11.3 Å². The Kier molecular flexibility index (Phi) is 2.80. The number of nitrogens with zero attached hydrogens (tertiary/aromatic N) is 2. The van der Waals surface area contributed by atoms with Crippen LogP contribution < -0.4 is 5.32 Å². The van der Waals surface area contributed by atoms with Gasteiger partial charge in [0.15, 0.2) is 0 Å². The summed E-state index contributed by atoms with van der Waals surface area (Å²) >= 11 is 0. The van der Waals surface area contributed by atoms with E-state index in [0.29, 0.717) is 31.7 Å². The molecule has 0 unspecified atom stereocenters. The number of hydrogen-bond donors (Lipinski definition) is 1. The highest BCUT2D eigenvalue weighted by Gasteiger charge is 2.54. The van der Waals surface area contributed by atoms with Crippen LogP contribution in [0.3, 0.4) is 0 Å². The summed E-state index contributed by atoms with van der Waals surface area (Å²) in [7, 11) is 0. The molecule has 0 atom stereocenters. The zero-order chi connectivity index (χ0) is 14.4. The minimum Gasteiger partial charge on any atom is -0.376 e. The second-order valence-corrected chi connectivity index (χ2v) is 5.52. The zero-order valence-electron chi connectivity index (χ0n) is 11.7. The highest BCUT2D eigenvalue weighted by atomic mass is 16.5. The topological polar surface area (TPSA) is 55.6 Å². The van der Waals surface area contributed by atoms with Crippen LogP contribution in [0.5, 0.6) is 0 Å². The molecule has 0 saturated carbocycles. The first-order chi connectivity index (χ1) is 9.62. The van der Waals surface area contributed by atoms with E-state index >= 15 is 0 Å². The Morgan fingerprint density at radius 1 is 1.45 bits per heavy atom. The number of carbonyl (C=O) groups is 1. The van der Waals surface area contributed by atoms with E-state index in [4.69, 9.17) is 11.3 Å². The molecule has 0 aliphatic carbocycles. The maximum absolute atomic E-state index is 12.7. The largest absolute Gasteiger partial charge is 0.376 e. The third kappa shape index (κ3) is 1.46. The van der Waals surface area contributed by atoms with Gasteiger partial charge in [-0.3, -0.25) is 9.78 Å². The molecule has 0 aromatic carbocycles. The molecule has 3 heterocycles. The van der Waals surface area contributed by atoms with Crippen LogP contribution in [0.15, 0.2) is 12.3 Å². The molecule has 2 aliphatic rings. The highest BCUT2D eigenvalue weighted by Crippen LogP contribution is 2.45. The first kappa shape index (κ1) is 13.1. The Morgan fingerprint density at radius 2 is 2.15 bits per heavy atom. The minimum absolute atomic E-state index is 0.0298. The van der Waals surface area contributed by atoms with Crippen LogP contribution in [0.25, 0.3) is 4.85 Å². The molecule has 1 aromatic rings. The zero-order valence-corrected chi connectivity index (χ0v) is 11.7. The lowest BCUT2D eigenvalue weighted by atomic mass is 9.67. The number of rotatable bonds is 2. The Labute approximate surface area is 118 Å². The smallest absolute Gasteiger partial charge is 0.231 e. The summed E-state index contributed by atoms with van der Waals surface area (Å²) in [5, 5.41) is 3.11. The quantitative estimate of drug-likeness (QED) is 0.837. The van der Waals surface area contributed by atoms with Gasteiger partial charge in [0.2, 0.25) is 11.6 Å². The van der Waals surface area contributed by atoms with Crippen LogP contribution in [-0.4, -0.2) is 24.1 Å². The summed E-state index contributed by atoms with van der Waals surface area (Å²) in [6.45, 7) is 12.1. The molecule has 2 aliphatic heterocycles. The second-order valence-electron chi connectivity index (χ2n) is 5.52. The van der Waals surface area contributed by atoms with Crippen LogP contribution >= 0.6 is 0 Å². The normalized spacial score (nSPS) is 21.6. The Morgan fingerprint density at radius 3 is 2.65 bits per heavy atom. The Balaban J connectivity index is 2.26. The number of carbonyl (C=O) groups excluding carboxylic acids is 1. The summed E-state index contributed by atoms with van der Waals surface area (Å²) in [5.74, 6) is 0.0298. The number of aromatic nitrogens is 1. The van der Waals surface area contributed by atoms with Crippen molar-refractivity contribution in [3.8, 4) is 0 Å². The van der Waals surface area contributed by atoms with Crippen LogP contribution in [0.4, 0.5) is 5.69 Å². The average molecular weight is 271 g/mol. The first-order valence-corrected chi connectivity index (χ1v) is 6.90. The number of ether oxygens (including phenoxy) is 1. The summed E-state index contributed by atoms with van der Waals surface area (Å²) in [6.07, 6.45) is 2.98. The monoisotopic (exact) mass is 271 g/mol. The molecule has 1 fully saturated rings. The number of amides is 1. The van der Waals surface area contributed by atoms with Crippen molar-refractivity contribution in [2.45, 2.75) is 37.6 Å². The predicted molar refractivity (Wildman–Crippen MR) is 73.4 cm³/mol. The molecule has 20 heavy (non-hydrogen) atoms. The van der Waals surface area contributed by atoms with E-state index in [-0.39, 0.29) is 5.91 Å². The molecule has 104 valence electrons. The number of pyridine rings is 1. The molecule has 3 rings (SSSR count). The van der Waals surface area contributed by atoms with Crippen molar-refractivity contribution in [3.63, 3.8) is 0 Å². The molecule has 1 N–H and O–H groups in total. The third-order valence-corrected chi connectivity index (χ3v) is 4.66. The van der Waals surface area contributed by atoms with Crippen LogP contribution in [-0.2, 0) is 20.5 Å². The fraction of sp³-hybridized carbons (Fsp3) is 0.533. The summed E-state index contributed by atoms with van der Waals surface area (Å²) in [5.41, 5.74) is 1.20. The lowest BCUT2D eigenvalue weighted by Crippen LogP contribution is -2.67. The van der Waals surface area contributed by atoms with E-state index in [1.807, 2.05) is 19.9 Å². The molecule has 0 radical (unpaired) electrons. The van der Waals surface area contributed by atoms with Crippen molar-refractivity contribution < 1.29 is 9.53 Å². The first-order valence-electron chi connectivity index (χ1n) is 6.90. The van der Waals surface area contributed by atoms with E-state index in [2.05, 4.69) is 15.1 Å². The number of nitrogens with one attached hydrogen (secondary N) is 1. The Hall–Kier alpha value is -1.93. The fourth-order valence-electron chi connectivity index (χ4n) is 3.25. The fourth-order valence-corrected chi connectivity index (χ4v) is 3.25. The highest BCUT2D eigenvalue weighted by molar-refractivity contribution is 5.91. The lowest BCUT2D eigenvalue weighted by molar-refractivity contribution is -0.143. The number of fused-ring (bicyclic) bond motifs is 2. The van der Waals surface area contributed by atoms with E-state index < -0.39 is 11.0 Å². The maximum Gasteiger partial charge on any atom is 0.231 e. The molecule has 1 spiro atoms. The van der Waals surface area contributed by atoms with Crippen molar-refractivity contribution in [2.24, 2.45) is 0 Å². The SMILES string of the molecule is [C-]#[N+]c1cnc2c(c1)C(CC)(CC)C(=O)NC21COC1. The van der Waals surface area contributed by atoms with Gasteiger partial charge in [-0.2, -0.15) is 0 Å². The van der Waals surface area contributed by atoms with Gasteiger partial charge in [-0.15, -0.1) is 0 Å². The molecular weight excluding hydrogens is 254 g/mol. The van der Waals surface area contributed by atoms with Gasteiger partial charge in [0.25, 0.3) is 0 Å². The van der Waals surface area contributed by atoms with Crippen LogP contribution in [0.1, 0.15) is 37.9 Å². The van der Waals surface area contributed by atoms with Crippen molar-refractivity contribution in [1.82, 2.24) is 10.3 Å². The predicted octanol–water partition coefficient (Wildman–Crippen LogP) is 2.05. The van der Waals surface area contributed by atoms with Crippen LogP contribution in [0.2, 0.25) is 0 Å². The van der Waals surface area contributed by atoms with Gasteiger partial charge < -0.3 is 10.1 Å². The standard InChI is InChI=1S/C15H17N3O2/c1-4-14(5-2)11-6-10(16-3)7-17-12(11)15(8-20-9-15)18-13(14)19/h6-7H,4-5,8-9H2,1-2H3,(H,18,19). The van der Waals surface area contributed by atoms with Gasteiger partial charge in [0, 0.05) is 6.20 Å². The maximum atomic E-state index is 12.7. The van der Waals surface area contributed by atoms with E-state index in [9.17, 15) is 4.79 Å². The van der Waals surface area contributed by atoms with Crippen LogP contribution in [0, 0.1) is 6.57 Å². The third-order valence-electron chi connectivity index (χ3n) is 4.66. The molecule has 5 nitrogen and oxygen atoms in total. The van der Waals surface area contributed by atoms with Gasteiger partial charge in [-0.05, 0) is 24.5 Å². The van der Waals surface area contributed by atoms with Gasteiger partial charge in [-0.1, -0.05) is 13.8 Å². The molecule has 0 bridgehead atoms. The summed E-state index contributed by atoms with van der Waals surface area (Å²) in [4.78, 5) is 20.6. The van der Waals surface area contributed by atoms with Gasteiger partial charge in [-0.25, -0.2) is 4.85 Å². The molecule has 1 amide bonds. The lowest BCUT2D eigenvalue weighted by Gasteiger charge is -2.50. The van der Waals surface area contributed by atoms with Crippen molar-refractivity contribution in [3.05, 3.63) is 34.9 Å². The van der Waals surface area contributed by atoms with Crippen molar-refractivity contribution in [1.29, 1.82) is 0 Å². The van der Waals surface area contributed by atoms with Gasteiger partial charge >= 0.3 is 0 Å². The molecule has 1 saturated heterocycles. The summed E-state index contributed by atoms with van der Waals surface area (Å²) in [6, 6.07) is 1.83. The molecular formula is C15H17N3O2.